The highest BCUT2D eigenvalue weighted by molar-refractivity contribution is 5.66. The van der Waals surface area contributed by atoms with Crippen LogP contribution in [-0.4, -0.2) is 11.0 Å². The molecule has 0 radical (unpaired) electrons. The molecule has 3 heteroatoms. The smallest absolute Gasteiger partial charge is 0.0709 e. The predicted molar refractivity (Wildman–Crippen MR) is 158 cm³/mol. The zero-order valence-corrected chi connectivity index (χ0v) is 23.1. The van der Waals surface area contributed by atoms with Crippen LogP contribution in [-0.2, 0) is 6.54 Å². The minimum Gasteiger partial charge on any atom is -0.379 e. The number of anilines is 1. The van der Waals surface area contributed by atoms with E-state index in [-0.39, 0.29) is 6.04 Å². The van der Waals surface area contributed by atoms with E-state index in [2.05, 4.69) is 143 Å². The van der Waals surface area contributed by atoms with Crippen molar-refractivity contribution in [3.63, 3.8) is 0 Å². The van der Waals surface area contributed by atoms with Crippen LogP contribution in [0.15, 0.2) is 91.0 Å². The van der Waals surface area contributed by atoms with Gasteiger partial charge in [0.05, 0.1) is 24.0 Å². The van der Waals surface area contributed by atoms with Gasteiger partial charge in [-0.1, -0.05) is 107 Å². The Morgan fingerprint density at radius 3 is 1.86 bits per heavy atom. The predicted octanol–water partition coefficient (Wildman–Crippen LogP) is 8.69. The molecule has 0 aliphatic carbocycles. The van der Waals surface area contributed by atoms with E-state index in [1.807, 2.05) is 0 Å². The molecule has 1 unspecified atom stereocenters. The van der Waals surface area contributed by atoms with Gasteiger partial charge >= 0.3 is 0 Å². The van der Waals surface area contributed by atoms with Crippen LogP contribution in [0.5, 0.6) is 0 Å². The molecule has 3 aromatic carbocycles. The molecule has 4 aromatic rings. The molecular formula is C34H41N3. The number of para-hydroxylation sites is 1. The van der Waals surface area contributed by atoms with Crippen molar-refractivity contribution in [3.8, 4) is 11.3 Å². The van der Waals surface area contributed by atoms with Crippen molar-refractivity contribution in [2.24, 2.45) is 0 Å². The number of nitrogens with one attached hydrogen (secondary N) is 2. The molecule has 0 saturated heterocycles. The van der Waals surface area contributed by atoms with Gasteiger partial charge in [-0.15, -0.1) is 0 Å². The average molecular weight is 492 g/mol. The lowest BCUT2D eigenvalue weighted by atomic mass is 9.92. The molecule has 0 aliphatic heterocycles. The summed E-state index contributed by atoms with van der Waals surface area (Å²) in [7, 11) is 0. The first kappa shape index (κ1) is 26.6. The Morgan fingerprint density at radius 1 is 0.622 bits per heavy atom. The van der Waals surface area contributed by atoms with Gasteiger partial charge < -0.3 is 10.6 Å². The number of pyridine rings is 1. The largest absolute Gasteiger partial charge is 0.379 e. The summed E-state index contributed by atoms with van der Waals surface area (Å²) in [5, 5.41) is 7.53. The zero-order chi connectivity index (χ0) is 26.4. The van der Waals surface area contributed by atoms with Gasteiger partial charge in [0.1, 0.15) is 0 Å². The molecule has 0 saturated carbocycles. The fourth-order valence-electron chi connectivity index (χ4n) is 4.99. The Labute approximate surface area is 223 Å². The second-order valence-electron chi connectivity index (χ2n) is 10.7. The van der Waals surface area contributed by atoms with Crippen LogP contribution in [0, 0.1) is 0 Å². The Kier molecular flexibility index (Phi) is 8.78. The normalized spacial score (nSPS) is 12.4. The summed E-state index contributed by atoms with van der Waals surface area (Å²) in [4.78, 5) is 5.13. The molecule has 0 bridgehead atoms. The van der Waals surface area contributed by atoms with Gasteiger partial charge in [0.15, 0.2) is 0 Å². The molecule has 1 aromatic heterocycles. The molecule has 1 atom stereocenters. The number of nitrogens with zero attached hydrogens (tertiary/aromatic N) is 1. The van der Waals surface area contributed by atoms with Crippen molar-refractivity contribution < 1.29 is 0 Å². The molecule has 1 heterocycles. The highest BCUT2D eigenvalue weighted by Gasteiger charge is 2.20. The maximum Gasteiger partial charge on any atom is 0.0709 e. The molecule has 4 rings (SSSR count). The lowest BCUT2D eigenvalue weighted by Crippen LogP contribution is -2.29. The summed E-state index contributed by atoms with van der Waals surface area (Å²) in [5.74, 6) is 0.909. The summed E-state index contributed by atoms with van der Waals surface area (Å²) >= 11 is 0. The Bertz CT molecular complexity index is 1270. The Balaban J connectivity index is 1.67. The van der Waals surface area contributed by atoms with E-state index in [9.17, 15) is 0 Å². The van der Waals surface area contributed by atoms with Gasteiger partial charge in [0.25, 0.3) is 0 Å². The number of hydrogen-bond acceptors (Lipinski definition) is 3. The lowest BCUT2D eigenvalue weighted by Gasteiger charge is -2.25. The van der Waals surface area contributed by atoms with E-state index in [4.69, 9.17) is 4.98 Å². The Morgan fingerprint density at radius 2 is 1.22 bits per heavy atom. The summed E-state index contributed by atoms with van der Waals surface area (Å²) in [5.41, 5.74) is 9.68. The molecule has 0 aliphatic rings. The van der Waals surface area contributed by atoms with Crippen molar-refractivity contribution in [1.82, 2.24) is 10.3 Å². The summed E-state index contributed by atoms with van der Waals surface area (Å²) in [6.07, 6.45) is 0. The van der Waals surface area contributed by atoms with E-state index >= 15 is 0 Å². The van der Waals surface area contributed by atoms with Crippen LogP contribution < -0.4 is 10.6 Å². The number of aromatic nitrogens is 1. The molecule has 0 spiro atoms. The highest BCUT2D eigenvalue weighted by atomic mass is 14.9. The van der Waals surface area contributed by atoms with Crippen LogP contribution in [0.1, 0.15) is 87.4 Å². The molecule has 192 valence electrons. The molecule has 37 heavy (non-hydrogen) atoms. The molecular weight excluding hydrogens is 450 g/mol. The molecule has 0 fully saturated rings. The number of rotatable bonds is 10. The van der Waals surface area contributed by atoms with Crippen LogP contribution >= 0.6 is 0 Å². The maximum atomic E-state index is 5.13. The minimum atomic E-state index is 0.0903. The van der Waals surface area contributed by atoms with Gasteiger partial charge in [-0.05, 0) is 60.1 Å². The molecule has 0 amide bonds. The topological polar surface area (TPSA) is 37.0 Å². The first-order chi connectivity index (χ1) is 17.8. The van der Waals surface area contributed by atoms with E-state index in [1.54, 1.807) is 0 Å². The third kappa shape index (κ3) is 6.47. The van der Waals surface area contributed by atoms with E-state index in [1.165, 1.54) is 27.9 Å². The third-order valence-corrected chi connectivity index (χ3v) is 6.81. The van der Waals surface area contributed by atoms with Gasteiger partial charge in [-0.2, -0.15) is 0 Å². The maximum absolute atomic E-state index is 5.13. The molecule has 2 N–H and O–H groups in total. The van der Waals surface area contributed by atoms with E-state index < -0.39 is 0 Å². The zero-order valence-electron chi connectivity index (χ0n) is 23.1. The highest BCUT2D eigenvalue weighted by Crippen LogP contribution is 2.34. The quantitative estimate of drug-likeness (QED) is 0.233. The lowest BCUT2D eigenvalue weighted by molar-refractivity contribution is 0.529. The van der Waals surface area contributed by atoms with Gasteiger partial charge in [-0.3, -0.25) is 4.98 Å². The Hall–Kier alpha value is -3.43. The fraction of sp³-hybridized carbons (Fsp3) is 0.324. The van der Waals surface area contributed by atoms with Crippen molar-refractivity contribution in [1.29, 1.82) is 0 Å². The number of hydrogen-bond donors (Lipinski definition) is 2. The monoisotopic (exact) mass is 491 g/mol. The van der Waals surface area contributed by atoms with E-state index in [0.29, 0.717) is 24.4 Å². The van der Waals surface area contributed by atoms with Crippen molar-refractivity contribution in [2.45, 2.75) is 72.0 Å². The van der Waals surface area contributed by atoms with Crippen LogP contribution in [0.2, 0.25) is 0 Å². The average Bonchev–Trinajstić information content (AvgIpc) is 2.90. The first-order valence-electron chi connectivity index (χ1n) is 13.6. The van der Waals surface area contributed by atoms with Gasteiger partial charge in [0, 0.05) is 17.3 Å². The SMILES string of the molecule is CC(C)NC(c1ccccc1)c1ccccc1-c1cccc(CNc2c(C(C)C)cccc2C(C)C)n1. The van der Waals surface area contributed by atoms with Crippen molar-refractivity contribution in [3.05, 3.63) is 119 Å². The fourth-order valence-corrected chi connectivity index (χ4v) is 4.99. The van der Waals surface area contributed by atoms with Gasteiger partial charge in [0.2, 0.25) is 0 Å². The van der Waals surface area contributed by atoms with Crippen molar-refractivity contribution in [2.75, 3.05) is 5.32 Å². The van der Waals surface area contributed by atoms with Gasteiger partial charge in [-0.25, -0.2) is 0 Å². The van der Waals surface area contributed by atoms with Crippen LogP contribution in [0.3, 0.4) is 0 Å². The minimum absolute atomic E-state index is 0.0903. The molecule has 3 nitrogen and oxygen atoms in total. The second-order valence-corrected chi connectivity index (χ2v) is 10.7. The third-order valence-electron chi connectivity index (χ3n) is 6.81. The van der Waals surface area contributed by atoms with Crippen LogP contribution in [0.4, 0.5) is 5.69 Å². The van der Waals surface area contributed by atoms with Crippen LogP contribution in [0.25, 0.3) is 11.3 Å². The summed E-state index contributed by atoms with van der Waals surface area (Å²) in [6, 6.07) is 32.8. The number of benzene rings is 3. The summed E-state index contributed by atoms with van der Waals surface area (Å²) < 4.78 is 0. The first-order valence-corrected chi connectivity index (χ1v) is 13.6. The summed E-state index contributed by atoms with van der Waals surface area (Å²) in [6.45, 7) is 14.1. The van der Waals surface area contributed by atoms with Crippen molar-refractivity contribution >= 4 is 5.69 Å². The van der Waals surface area contributed by atoms with E-state index in [0.717, 1.165) is 17.0 Å². The second kappa shape index (κ2) is 12.2. The standard InChI is InChI=1S/C34H41N3/c1-23(2)28-19-13-20-29(24(3)4)34(28)35-22-27-16-12-21-32(37-27)30-17-10-11-18-31(30)33(36-25(5)6)26-14-8-7-9-15-26/h7-21,23-25,33,35-36H,22H2,1-6H3.